The number of aromatic nitrogens is 1. The highest BCUT2D eigenvalue weighted by Gasteiger charge is 2.40. The molecule has 0 spiro atoms. The maximum atomic E-state index is 13.5. The number of ether oxygens (including phenoxy) is 1. The number of hydrogen-bond acceptors (Lipinski definition) is 3. The Labute approximate surface area is 171 Å². The van der Waals surface area contributed by atoms with E-state index in [-0.39, 0.29) is 11.1 Å². The van der Waals surface area contributed by atoms with Crippen molar-refractivity contribution in [3.63, 3.8) is 0 Å². The number of benzene rings is 2. The highest BCUT2D eigenvalue weighted by Crippen LogP contribution is 2.37. The van der Waals surface area contributed by atoms with Crippen molar-refractivity contribution in [3.8, 4) is 17.3 Å². The second-order valence-corrected chi connectivity index (χ2v) is 6.30. The zero-order valence-electron chi connectivity index (χ0n) is 15.4. The zero-order chi connectivity index (χ0) is 22.8. The lowest BCUT2D eigenvalue weighted by Gasteiger charge is -2.26. The van der Waals surface area contributed by atoms with Gasteiger partial charge in [-0.3, -0.25) is 14.1 Å². The van der Waals surface area contributed by atoms with Gasteiger partial charge >= 0.3 is 12.5 Å². The molecule has 3 rings (SSSR count). The molecule has 1 heterocycles. The molecule has 1 unspecified atom stereocenters. The number of alkyl halides is 6. The number of halogens is 6. The van der Waals surface area contributed by atoms with Gasteiger partial charge in [0.1, 0.15) is 11.6 Å². The van der Waals surface area contributed by atoms with E-state index in [4.69, 9.17) is 0 Å². The van der Waals surface area contributed by atoms with Gasteiger partial charge in [-0.05, 0) is 11.6 Å². The van der Waals surface area contributed by atoms with Crippen molar-refractivity contribution in [2.24, 2.45) is 0 Å². The van der Waals surface area contributed by atoms with Gasteiger partial charge in [0.25, 0.3) is 5.56 Å². The van der Waals surface area contributed by atoms with Crippen LogP contribution in [0.15, 0.2) is 71.5 Å². The summed E-state index contributed by atoms with van der Waals surface area (Å²) in [5, 5.41) is 9.21. The van der Waals surface area contributed by atoms with Gasteiger partial charge in [0.2, 0.25) is 0 Å². The Hall–Kier alpha value is -3.58. The minimum absolute atomic E-state index is 0.0290. The zero-order valence-corrected chi connectivity index (χ0v) is 15.4. The number of hydrogen-bond donors (Lipinski definition) is 0. The first-order valence-electron chi connectivity index (χ1n) is 8.64. The Morgan fingerprint density at radius 3 is 1.94 bits per heavy atom. The average molecular weight is 438 g/mol. The van der Waals surface area contributed by atoms with Crippen LogP contribution in [-0.4, -0.2) is 10.9 Å². The van der Waals surface area contributed by atoms with E-state index in [2.05, 4.69) is 4.74 Å². The number of nitriles is 1. The summed E-state index contributed by atoms with van der Waals surface area (Å²) in [6, 6.07) is 15.4. The predicted molar refractivity (Wildman–Crippen MR) is 97.6 cm³/mol. The monoisotopic (exact) mass is 438 g/mol. The van der Waals surface area contributed by atoms with E-state index in [1.807, 2.05) is 0 Å². The van der Waals surface area contributed by atoms with E-state index in [9.17, 15) is 36.4 Å². The molecule has 1 aromatic heterocycles. The molecule has 1 atom stereocenters. The fourth-order valence-corrected chi connectivity index (χ4v) is 3.03. The van der Waals surface area contributed by atoms with Gasteiger partial charge in [0.05, 0.1) is 11.3 Å². The molecular formula is C21H12F6N2O2. The van der Waals surface area contributed by atoms with Gasteiger partial charge in [-0.25, -0.2) is 0 Å². The van der Waals surface area contributed by atoms with Gasteiger partial charge < -0.3 is 0 Å². The maximum Gasteiger partial charge on any atom is 0.524 e. The van der Waals surface area contributed by atoms with E-state index >= 15 is 0 Å². The van der Waals surface area contributed by atoms with Crippen molar-refractivity contribution in [2.75, 3.05) is 0 Å². The summed E-state index contributed by atoms with van der Waals surface area (Å²) in [4.78, 5) is 13.0. The Balaban J connectivity index is 2.43. The van der Waals surface area contributed by atoms with E-state index in [1.165, 1.54) is 60.7 Å². The first kappa shape index (κ1) is 22.1. The maximum absolute atomic E-state index is 13.5. The number of nitrogens with zero attached hydrogens (tertiary/aromatic N) is 2. The standard InChI is InChI=1S/C21H12F6N2O2/c22-20(23,24)16-11-17(13-7-3-1-4-8-13)29(18(30)15(16)12-28)19(31-21(25,26)27)14-9-5-2-6-10-14/h1-11,19H. The minimum Gasteiger partial charge on any atom is -0.276 e. The normalized spacial score (nSPS) is 12.9. The fourth-order valence-electron chi connectivity index (χ4n) is 3.03. The Kier molecular flexibility index (Phi) is 5.90. The lowest BCUT2D eigenvalue weighted by atomic mass is 10.0. The number of rotatable bonds is 4. The van der Waals surface area contributed by atoms with Crippen LogP contribution in [0.25, 0.3) is 11.3 Å². The third-order valence-electron chi connectivity index (χ3n) is 4.29. The molecule has 0 radical (unpaired) electrons. The molecule has 160 valence electrons. The minimum atomic E-state index is -5.23. The van der Waals surface area contributed by atoms with Crippen LogP contribution in [-0.2, 0) is 10.9 Å². The van der Waals surface area contributed by atoms with Crippen LogP contribution in [0.4, 0.5) is 26.3 Å². The SMILES string of the molecule is N#Cc1c(C(F)(F)F)cc(-c2ccccc2)n(C(OC(F)(F)F)c2ccccc2)c1=O. The molecular weight excluding hydrogens is 426 g/mol. The van der Waals surface area contributed by atoms with Crippen molar-refractivity contribution >= 4 is 0 Å². The van der Waals surface area contributed by atoms with Crippen LogP contribution >= 0.6 is 0 Å². The van der Waals surface area contributed by atoms with Gasteiger partial charge in [0.15, 0.2) is 6.23 Å². The topological polar surface area (TPSA) is 55.0 Å². The van der Waals surface area contributed by atoms with Crippen molar-refractivity contribution in [2.45, 2.75) is 18.8 Å². The third-order valence-corrected chi connectivity index (χ3v) is 4.29. The largest absolute Gasteiger partial charge is 0.524 e. The molecule has 0 fully saturated rings. The molecule has 0 aliphatic rings. The summed E-state index contributed by atoms with van der Waals surface area (Å²) in [5.41, 5.74) is -5.05. The molecule has 0 aliphatic heterocycles. The van der Waals surface area contributed by atoms with Crippen LogP contribution < -0.4 is 5.56 Å². The second kappa shape index (κ2) is 8.28. The van der Waals surface area contributed by atoms with E-state index in [0.717, 1.165) is 0 Å². The molecule has 0 N–H and O–H groups in total. The molecule has 10 heteroatoms. The van der Waals surface area contributed by atoms with Crippen molar-refractivity contribution in [1.82, 2.24) is 4.57 Å². The second-order valence-electron chi connectivity index (χ2n) is 6.30. The summed E-state index contributed by atoms with van der Waals surface area (Å²) in [5.74, 6) is 0. The van der Waals surface area contributed by atoms with E-state index < -0.39 is 41.1 Å². The smallest absolute Gasteiger partial charge is 0.276 e. The van der Waals surface area contributed by atoms with Crippen LogP contribution in [0.1, 0.15) is 22.9 Å². The molecule has 4 nitrogen and oxygen atoms in total. The lowest BCUT2D eigenvalue weighted by molar-refractivity contribution is -0.348. The van der Waals surface area contributed by atoms with Crippen LogP contribution in [0, 0.1) is 11.3 Å². The van der Waals surface area contributed by atoms with Gasteiger partial charge in [-0.1, -0.05) is 60.7 Å². The molecule has 3 aromatic rings. The van der Waals surface area contributed by atoms with E-state index in [0.29, 0.717) is 10.6 Å². The van der Waals surface area contributed by atoms with Crippen molar-refractivity contribution in [1.29, 1.82) is 5.26 Å². The molecule has 0 aliphatic carbocycles. The van der Waals surface area contributed by atoms with Gasteiger partial charge in [0, 0.05) is 5.56 Å². The summed E-state index contributed by atoms with van der Waals surface area (Å²) >= 11 is 0. The Morgan fingerprint density at radius 1 is 0.903 bits per heavy atom. The molecule has 0 saturated heterocycles. The van der Waals surface area contributed by atoms with Crippen LogP contribution in [0.3, 0.4) is 0 Å². The van der Waals surface area contributed by atoms with Gasteiger partial charge in [-0.15, -0.1) is 13.2 Å². The Morgan fingerprint density at radius 2 is 1.45 bits per heavy atom. The van der Waals surface area contributed by atoms with Gasteiger partial charge in [-0.2, -0.15) is 18.4 Å². The van der Waals surface area contributed by atoms with Crippen LogP contribution in [0.2, 0.25) is 0 Å². The summed E-state index contributed by atoms with van der Waals surface area (Å²) < 4.78 is 84.8. The molecule has 0 saturated carbocycles. The molecule has 31 heavy (non-hydrogen) atoms. The molecule has 2 aromatic carbocycles. The average Bonchev–Trinajstić information content (AvgIpc) is 2.71. The lowest BCUT2D eigenvalue weighted by Crippen LogP contribution is -2.35. The van der Waals surface area contributed by atoms with E-state index in [1.54, 1.807) is 6.07 Å². The van der Waals surface area contributed by atoms with Crippen molar-refractivity contribution < 1.29 is 31.1 Å². The molecule has 0 bridgehead atoms. The third kappa shape index (κ3) is 4.78. The molecule has 0 amide bonds. The predicted octanol–water partition coefficient (Wildman–Crippen LogP) is 5.49. The Bertz CT molecular complexity index is 1160. The fraction of sp³-hybridized carbons (Fsp3) is 0.143. The number of pyridine rings is 1. The van der Waals surface area contributed by atoms with Crippen LogP contribution in [0.5, 0.6) is 0 Å². The first-order valence-corrected chi connectivity index (χ1v) is 8.64. The quantitative estimate of drug-likeness (QED) is 0.507. The summed E-state index contributed by atoms with van der Waals surface area (Å²) in [6.45, 7) is 0. The summed E-state index contributed by atoms with van der Waals surface area (Å²) in [7, 11) is 0. The highest BCUT2D eigenvalue weighted by molar-refractivity contribution is 5.63. The summed E-state index contributed by atoms with van der Waals surface area (Å²) in [6.07, 6.45) is -12.5. The first-order chi connectivity index (χ1) is 14.5. The highest BCUT2D eigenvalue weighted by atomic mass is 19.4. The van der Waals surface area contributed by atoms with Crippen molar-refractivity contribution in [3.05, 3.63) is 93.8 Å².